The lowest BCUT2D eigenvalue weighted by atomic mass is 9.93. The molecule has 0 saturated carbocycles. The van der Waals surface area contributed by atoms with Crippen molar-refractivity contribution in [3.05, 3.63) is 0 Å². The van der Waals surface area contributed by atoms with E-state index in [0.29, 0.717) is 6.42 Å². The third-order valence-corrected chi connectivity index (χ3v) is 1.82. The molecule has 0 radical (unpaired) electrons. The van der Waals surface area contributed by atoms with E-state index < -0.39 is 25.0 Å². The zero-order valence-corrected chi connectivity index (χ0v) is 12.6. The van der Waals surface area contributed by atoms with Gasteiger partial charge in [-0.05, 0) is 12.3 Å². The van der Waals surface area contributed by atoms with Gasteiger partial charge in [0.1, 0.15) is 0 Å². The van der Waals surface area contributed by atoms with Crippen LogP contribution in [0.5, 0.6) is 0 Å². The smallest absolute Gasteiger partial charge is 0.389 e. The Morgan fingerprint density at radius 2 is 1.55 bits per heavy atom. The maximum atomic E-state index is 11.4. The van der Waals surface area contributed by atoms with E-state index in [0.717, 1.165) is 0 Å². The summed E-state index contributed by atoms with van der Waals surface area (Å²) in [5.41, 5.74) is 0.0487. The first-order valence-electron chi connectivity index (χ1n) is 6.20. The van der Waals surface area contributed by atoms with Crippen molar-refractivity contribution in [2.24, 2.45) is 5.41 Å². The van der Waals surface area contributed by atoms with Crippen molar-refractivity contribution in [2.45, 2.75) is 53.1 Å². The molecule has 0 amide bonds. The summed E-state index contributed by atoms with van der Waals surface area (Å²) in [5, 5.41) is 0. The minimum absolute atomic E-state index is 0.0487. The molecule has 0 rings (SSSR count). The number of halogens is 3. The van der Waals surface area contributed by atoms with Crippen molar-refractivity contribution in [3.63, 3.8) is 0 Å². The van der Waals surface area contributed by atoms with Crippen molar-refractivity contribution in [1.29, 1.82) is 0 Å². The lowest BCUT2D eigenvalue weighted by Crippen LogP contribution is -2.13. The number of hydrogen-bond acceptors (Lipinski definition) is 4. The summed E-state index contributed by atoms with van der Waals surface area (Å²) < 4.78 is 43.1. The van der Waals surface area contributed by atoms with E-state index in [2.05, 4.69) is 9.47 Å². The maximum absolute atomic E-state index is 11.4. The van der Waals surface area contributed by atoms with Gasteiger partial charge in [-0.25, -0.2) is 0 Å². The second-order valence-corrected chi connectivity index (χ2v) is 5.23. The van der Waals surface area contributed by atoms with Gasteiger partial charge in [-0.2, -0.15) is 13.2 Å². The van der Waals surface area contributed by atoms with E-state index >= 15 is 0 Å². The average molecular weight is 300 g/mol. The van der Waals surface area contributed by atoms with E-state index in [1.54, 1.807) is 6.92 Å². The summed E-state index contributed by atoms with van der Waals surface area (Å²) in [6.45, 7) is 7.68. The summed E-state index contributed by atoms with van der Waals surface area (Å²) in [5.74, 6) is -0.938. The highest BCUT2D eigenvalue weighted by Gasteiger charge is 2.28. The summed E-state index contributed by atoms with van der Waals surface area (Å²) >= 11 is 0. The molecule has 7 heteroatoms. The van der Waals surface area contributed by atoms with Crippen molar-refractivity contribution >= 4 is 11.9 Å². The third-order valence-electron chi connectivity index (χ3n) is 1.82. The molecule has 0 bridgehead atoms. The van der Waals surface area contributed by atoms with E-state index in [-0.39, 0.29) is 18.0 Å². The Hall–Kier alpha value is -1.27. The Labute approximate surface area is 117 Å². The third kappa shape index (κ3) is 19.1. The molecule has 0 aromatic carbocycles. The second-order valence-electron chi connectivity index (χ2n) is 5.23. The van der Waals surface area contributed by atoms with Gasteiger partial charge in [0.05, 0.1) is 33.0 Å². The van der Waals surface area contributed by atoms with Crippen LogP contribution in [0, 0.1) is 5.41 Å². The van der Waals surface area contributed by atoms with E-state index in [9.17, 15) is 22.8 Å². The Kier molecular flexibility index (Phi) is 10.1. The fourth-order valence-corrected chi connectivity index (χ4v) is 0.982. The highest BCUT2D eigenvalue weighted by Crippen LogP contribution is 2.21. The number of rotatable bonds is 4. The first-order valence-corrected chi connectivity index (χ1v) is 6.20. The van der Waals surface area contributed by atoms with Crippen molar-refractivity contribution < 1.29 is 32.2 Å². The van der Waals surface area contributed by atoms with E-state index in [4.69, 9.17) is 0 Å². The molecule has 0 heterocycles. The highest BCUT2D eigenvalue weighted by atomic mass is 19.4. The topological polar surface area (TPSA) is 52.6 Å². The number of ether oxygens (including phenoxy) is 2. The van der Waals surface area contributed by atoms with Gasteiger partial charge in [-0.1, -0.05) is 20.8 Å². The van der Waals surface area contributed by atoms with Crippen molar-refractivity contribution in [2.75, 3.05) is 13.7 Å². The average Bonchev–Trinajstić information content (AvgIpc) is 2.24. The first kappa shape index (κ1) is 21.0. The molecule has 20 heavy (non-hydrogen) atoms. The Morgan fingerprint density at radius 3 is 1.80 bits per heavy atom. The second kappa shape index (κ2) is 9.61. The molecular formula is C13H23F3O4. The minimum atomic E-state index is -4.27. The molecule has 4 nitrogen and oxygen atoms in total. The lowest BCUT2D eigenvalue weighted by Gasteiger charge is -2.14. The van der Waals surface area contributed by atoms with Crippen LogP contribution in [-0.2, 0) is 19.1 Å². The quantitative estimate of drug-likeness (QED) is 0.746. The van der Waals surface area contributed by atoms with Gasteiger partial charge in [0, 0.05) is 0 Å². The molecular weight excluding hydrogens is 277 g/mol. The molecule has 0 aliphatic heterocycles. The van der Waals surface area contributed by atoms with Gasteiger partial charge in [-0.15, -0.1) is 0 Å². The SMILES string of the molecule is CCOC(=O)CCC(F)(F)F.COC(=O)CC(C)(C)C. The Morgan fingerprint density at radius 1 is 1.05 bits per heavy atom. The molecule has 0 spiro atoms. The molecule has 0 aromatic rings. The van der Waals surface area contributed by atoms with E-state index in [1.807, 2.05) is 20.8 Å². The van der Waals surface area contributed by atoms with Crippen LogP contribution in [0.25, 0.3) is 0 Å². The molecule has 0 unspecified atom stereocenters. The van der Waals surface area contributed by atoms with Crippen molar-refractivity contribution in [3.8, 4) is 0 Å². The summed E-state index contributed by atoms with van der Waals surface area (Å²) in [7, 11) is 1.41. The van der Waals surface area contributed by atoms with Crippen LogP contribution in [-0.4, -0.2) is 31.8 Å². The predicted molar refractivity (Wildman–Crippen MR) is 68.0 cm³/mol. The molecule has 0 aromatic heterocycles. The first-order chi connectivity index (χ1) is 8.91. The molecule has 0 atom stereocenters. The maximum Gasteiger partial charge on any atom is 0.389 e. The predicted octanol–water partition coefficient (Wildman–Crippen LogP) is 3.49. The number of methoxy groups -OCH3 is 1. The van der Waals surface area contributed by atoms with Crippen LogP contribution in [0.2, 0.25) is 0 Å². The van der Waals surface area contributed by atoms with Crippen LogP contribution in [0.3, 0.4) is 0 Å². The van der Waals surface area contributed by atoms with Crippen LogP contribution >= 0.6 is 0 Å². The number of hydrogen-bond donors (Lipinski definition) is 0. The van der Waals surface area contributed by atoms with Gasteiger partial charge in [0.25, 0.3) is 0 Å². The van der Waals surface area contributed by atoms with Gasteiger partial charge in [-0.3, -0.25) is 9.59 Å². The van der Waals surface area contributed by atoms with Crippen LogP contribution in [0.1, 0.15) is 47.0 Å². The van der Waals surface area contributed by atoms with Gasteiger partial charge in [0.2, 0.25) is 0 Å². The molecule has 0 N–H and O–H groups in total. The molecule has 0 saturated heterocycles. The Balaban J connectivity index is 0. The van der Waals surface area contributed by atoms with Crippen molar-refractivity contribution in [1.82, 2.24) is 0 Å². The van der Waals surface area contributed by atoms with Crippen LogP contribution < -0.4 is 0 Å². The van der Waals surface area contributed by atoms with Gasteiger partial charge < -0.3 is 9.47 Å². The Bertz CT molecular complexity index is 293. The largest absolute Gasteiger partial charge is 0.469 e. The van der Waals surface area contributed by atoms with E-state index in [1.165, 1.54) is 7.11 Å². The number of esters is 2. The standard InChI is InChI=1S/C7H14O2.C6H9F3O2/c1-7(2,3)5-6(8)9-4;1-2-11-5(10)3-4-6(7,8)9/h5H2,1-4H3;2-4H2,1H3. The highest BCUT2D eigenvalue weighted by molar-refractivity contribution is 5.69. The van der Waals surface area contributed by atoms with Crippen LogP contribution in [0.15, 0.2) is 0 Å². The molecule has 0 fully saturated rings. The summed E-state index contributed by atoms with van der Waals surface area (Å²) in [4.78, 5) is 21.0. The van der Waals surface area contributed by atoms with Gasteiger partial charge in [0.15, 0.2) is 0 Å². The summed E-state index contributed by atoms with van der Waals surface area (Å²) in [6.07, 6.45) is -5.47. The van der Waals surface area contributed by atoms with Gasteiger partial charge >= 0.3 is 18.1 Å². The summed E-state index contributed by atoms with van der Waals surface area (Å²) in [6, 6.07) is 0. The number of carbonyl (C=O) groups excluding carboxylic acids is 2. The monoisotopic (exact) mass is 300 g/mol. The minimum Gasteiger partial charge on any atom is -0.469 e. The lowest BCUT2D eigenvalue weighted by molar-refractivity contribution is -0.156. The molecule has 120 valence electrons. The zero-order chi connectivity index (χ0) is 16.4. The number of carbonyl (C=O) groups is 2. The number of alkyl halides is 3. The molecule has 0 aliphatic rings. The zero-order valence-electron chi connectivity index (χ0n) is 12.6. The fraction of sp³-hybridized carbons (Fsp3) is 0.846. The fourth-order valence-electron chi connectivity index (χ4n) is 0.982. The molecule has 0 aliphatic carbocycles. The van der Waals surface area contributed by atoms with Crippen LogP contribution in [0.4, 0.5) is 13.2 Å². The normalized spacial score (nSPS) is 11.2.